The van der Waals surface area contributed by atoms with Crippen LogP contribution in [-0.4, -0.2) is 20.3 Å². The Balaban J connectivity index is 1.26. The molecule has 0 unspecified atom stereocenters. The predicted molar refractivity (Wildman–Crippen MR) is 155 cm³/mol. The van der Waals surface area contributed by atoms with Crippen LogP contribution in [0.5, 0.6) is 0 Å². The summed E-state index contributed by atoms with van der Waals surface area (Å²) in [6, 6.07) is 26.7. The molecule has 0 saturated carbocycles. The Kier molecular flexibility index (Phi) is 7.39. The van der Waals surface area contributed by atoms with Gasteiger partial charge in [-0.15, -0.1) is 21.5 Å². The van der Waals surface area contributed by atoms with E-state index < -0.39 is 0 Å². The van der Waals surface area contributed by atoms with E-state index in [-0.39, 0.29) is 0 Å². The van der Waals surface area contributed by atoms with Crippen LogP contribution < -0.4 is 16.0 Å². The van der Waals surface area contributed by atoms with Gasteiger partial charge in [0.05, 0.1) is 27.8 Å². The van der Waals surface area contributed by atoms with Crippen LogP contribution in [0, 0.1) is 0 Å². The van der Waals surface area contributed by atoms with Crippen molar-refractivity contribution >= 4 is 74.2 Å². The van der Waals surface area contributed by atoms with Crippen LogP contribution in [0.15, 0.2) is 90.3 Å². The highest BCUT2D eigenvalue weighted by Gasteiger charge is 2.11. The molecule has 0 fully saturated rings. The molecule has 178 valence electrons. The summed E-state index contributed by atoms with van der Waals surface area (Å²) >= 11 is 19.3. The van der Waals surface area contributed by atoms with Crippen LogP contribution in [0.25, 0.3) is 22.5 Å². The third kappa shape index (κ3) is 5.80. The maximum absolute atomic E-state index is 6.34. The van der Waals surface area contributed by atoms with Crippen molar-refractivity contribution in [2.75, 3.05) is 16.0 Å². The molecule has 5 aromatic rings. The largest absolute Gasteiger partial charge is 0.331 e. The summed E-state index contributed by atoms with van der Waals surface area (Å²) in [7, 11) is 0. The van der Waals surface area contributed by atoms with Crippen LogP contribution in [0.2, 0.25) is 10.0 Å². The maximum atomic E-state index is 6.34. The zero-order chi connectivity index (χ0) is 24.9. The lowest BCUT2D eigenvalue weighted by molar-refractivity contribution is 1.05. The molecule has 2 aromatic heterocycles. The van der Waals surface area contributed by atoms with Gasteiger partial charge in [0.25, 0.3) is 0 Å². The molecule has 0 spiro atoms. The van der Waals surface area contributed by atoms with Crippen molar-refractivity contribution < 1.29 is 0 Å². The third-order valence-electron chi connectivity index (χ3n) is 5.10. The quantitative estimate of drug-likeness (QED) is 0.185. The first-order valence-corrected chi connectivity index (χ1v) is 12.8. The first-order valence-electron chi connectivity index (χ1n) is 10.8. The van der Waals surface area contributed by atoms with Gasteiger partial charge < -0.3 is 16.0 Å². The number of benzene rings is 3. The number of rotatable bonds is 6. The second-order valence-corrected chi connectivity index (χ2v) is 9.69. The Morgan fingerprint density at radius 1 is 0.778 bits per heavy atom. The van der Waals surface area contributed by atoms with Crippen LogP contribution in [-0.2, 0) is 0 Å². The molecular weight excluding hydrogens is 531 g/mol. The lowest BCUT2D eigenvalue weighted by Gasteiger charge is -2.14. The van der Waals surface area contributed by atoms with Crippen molar-refractivity contribution in [2.45, 2.75) is 0 Å². The number of hydrogen-bond acceptors (Lipinski definition) is 6. The summed E-state index contributed by atoms with van der Waals surface area (Å²) < 4.78 is 0. The molecule has 0 radical (unpaired) electrons. The lowest BCUT2D eigenvalue weighted by atomic mass is 10.1. The zero-order valence-electron chi connectivity index (χ0n) is 18.6. The average molecular weight is 550 g/mol. The smallest absolute Gasteiger partial charge is 0.187 e. The van der Waals surface area contributed by atoms with Gasteiger partial charge in [0, 0.05) is 21.5 Å². The van der Waals surface area contributed by atoms with Crippen LogP contribution in [0.3, 0.4) is 0 Å². The monoisotopic (exact) mass is 548 g/mol. The number of thiocarbonyl (C=S) groups is 1. The molecular formula is C26H18Cl2N6S2. The Morgan fingerprint density at radius 2 is 1.56 bits per heavy atom. The van der Waals surface area contributed by atoms with Crippen LogP contribution >= 0.6 is 46.8 Å². The first-order chi connectivity index (χ1) is 17.5. The minimum atomic E-state index is 0.388. The number of aromatic nitrogens is 3. The molecule has 0 atom stereocenters. The standard InChI is InChI=1S/C26H18Cl2N6S2/c27-17-10-11-18(19(28)14-17)23-15-36-26(31-23)30-22-9-5-4-8-21(22)29-25(35)32-24-13-12-20(33-34-24)16-6-2-1-3-7-16/h1-15H,(H,30,31)(H2,29,32,34,35). The van der Waals surface area contributed by atoms with Gasteiger partial charge >= 0.3 is 0 Å². The second-order valence-electron chi connectivity index (χ2n) is 7.58. The predicted octanol–water partition coefficient (Wildman–Crippen LogP) is 8.13. The highest BCUT2D eigenvalue weighted by Crippen LogP contribution is 2.34. The van der Waals surface area contributed by atoms with Crippen LogP contribution in [0.1, 0.15) is 0 Å². The van der Waals surface area contributed by atoms with Crippen molar-refractivity contribution in [1.29, 1.82) is 0 Å². The molecule has 36 heavy (non-hydrogen) atoms. The Hall–Kier alpha value is -3.56. The lowest BCUT2D eigenvalue weighted by Crippen LogP contribution is -2.20. The number of hydrogen-bond donors (Lipinski definition) is 3. The molecule has 0 amide bonds. The van der Waals surface area contributed by atoms with E-state index in [0.717, 1.165) is 33.9 Å². The van der Waals surface area contributed by atoms with Crippen molar-refractivity contribution in [3.63, 3.8) is 0 Å². The van der Waals surface area contributed by atoms with E-state index in [1.807, 2.05) is 78.2 Å². The van der Waals surface area contributed by atoms with Gasteiger partial charge in [0.15, 0.2) is 16.1 Å². The van der Waals surface area contributed by atoms with Crippen molar-refractivity contribution in [2.24, 2.45) is 0 Å². The molecule has 0 saturated heterocycles. The van der Waals surface area contributed by atoms with Crippen molar-refractivity contribution in [3.05, 3.63) is 100 Å². The molecule has 3 N–H and O–H groups in total. The molecule has 6 nitrogen and oxygen atoms in total. The van der Waals surface area contributed by atoms with Gasteiger partial charge in [-0.2, -0.15) is 0 Å². The topological polar surface area (TPSA) is 74.8 Å². The van der Waals surface area contributed by atoms with E-state index in [0.29, 0.717) is 26.1 Å². The highest BCUT2D eigenvalue weighted by molar-refractivity contribution is 7.80. The molecule has 5 rings (SSSR count). The number of thiazole rings is 1. The normalized spacial score (nSPS) is 10.6. The summed E-state index contributed by atoms with van der Waals surface area (Å²) in [6.45, 7) is 0. The molecule has 0 bridgehead atoms. The van der Waals surface area contributed by atoms with Crippen molar-refractivity contribution in [1.82, 2.24) is 15.2 Å². The van der Waals surface area contributed by atoms with E-state index in [1.54, 1.807) is 12.1 Å². The van der Waals surface area contributed by atoms with Crippen LogP contribution in [0.4, 0.5) is 22.3 Å². The van der Waals surface area contributed by atoms with Crippen molar-refractivity contribution in [3.8, 4) is 22.5 Å². The Labute approximate surface area is 227 Å². The minimum Gasteiger partial charge on any atom is -0.331 e. The highest BCUT2D eigenvalue weighted by atomic mass is 35.5. The second kappa shape index (κ2) is 11.0. The number of anilines is 4. The number of nitrogens with one attached hydrogen (secondary N) is 3. The van der Waals surface area contributed by atoms with Gasteiger partial charge in [-0.3, -0.25) is 0 Å². The van der Waals surface area contributed by atoms with Gasteiger partial charge in [0.1, 0.15) is 0 Å². The zero-order valence-corrected chi connectivity index (χ0v) is 21.7. The number of halogens is 2. The molecule has 10 heteroatoms. The maximum Gasteiger partial charge on any atom is 0.187 e. The minimum absolute atomic E-state index is 0.388. The van der Waals surface area contributed by atoms with Gasteiger partial charge in [-0.1, -0.05) is 65.7 Å². The summed E-state index contributed by atoms with van der Waals surface area (Å²) in [4.78, 5) is 4.67. The fourth-order valence-electron chi connectivity index (χ4n) is 3.40. The third-order valence-corrected chi connectivity index (χ3v) is 6.61. The summed E-state index contributed by atoms with van der Waals surface area (Å²) in [5, 5.41) is 22.3. The average Bonchev–Trinajstić information content (AvgIpc) is 3.34. The van der Waals surface area contributed by atoms with E-state index >= 15 is 0 Å². The molecule has 0 aliphatic heterocycles. The molecule has 0 aliphatic rings. The SMILES string of the molecule is S=C(Nc1ccc(-c2ccccc2)nn1)Nc1ccccc1Nc1nc(-c2ccc(Cl)cc2Cl)cs1. The van der Waals surface area contributed by atoms with E-state index in [4.69, 9.17) is 35.4 Å². The Bertz CT molecular complexity index is 1510. The summed E-state index contributed by atoms with van der Waals surface area (Å²) in [6.07, 6.45) is 0. The molecule has 0 aliphatic carbocycles. The fraction of sp³-hybridized carbons (Fsp3) is 0. The fourth-order valence-corrected chi connectivity index (χ4v) is 4.84. The number of nitrogens with zero attached hydrogens (tertiary/aromatic N) is 3. The van der Waals surface area contributed by atoms with E-state index in [2.05, 4.69) is 31.1 Å². The molecule has 3 aromatic carbocycles. The summed E-state index contributed by atoms with van der Waals surface area (Å²) in [5.41, 5.74) is 4.98. The summed E-state index contributed by atoms with van der Waals surface area (Å²) in [5.74, 6) is 0.544. The molecule has 2 heterocycles. The van der Waals surface area contributed by atoms with Gasteiger partial charge in [-0.05, 0) is 54.7 Å². The van der Waals surface area contributed by atoms with Gasteiger partial charge in [0.2, 0.25) is 0 Å². The number of para-hydroxylation sites is 2. The van der Waals surface area contributed by atoms with Gasteiger partial charge in [-0.25, -0.2) is 4.98 Å². The van der Waals surface area contributed by atoms with E-state index in [1.165, 1.54) is 11.3 Å². The Morgan fingerprint density at radius 3 is 2.31 bits per heavy atom. The first kappa shape index (κ1) is 24.1. The van der Waals surface area contributed by atoms with E-state index in [9.17, 15) is 0 Å².